The zero-order valence-electron chi connectivity index (χ0n) is 15.4. The van der Waals surface area contributed by atoms with E-state index >= 15 is 0 Å². The number of anilines is 1. The standard InChI is InChI=1S/C21H24N2O4/c1-2-26-16-8-5-7-15(13-16)20(24)23-19-11-4-3-10-18(19)21(25)22-14-17-9-6-12-27-17/h3-5,7-8,10-11,13,17H,2,6,9,12,14H2,1H3,(H,22,25)(H,23,24)/t17-/m1/s1. The van der Waals surface area contributed by atoms with Crippen molar-refractivity contribution in [2.45, 2.75) is 25.9 Å². The molecule has 1 fully saturated rings. The minimum atomic E-state index is -0.295. The number of rotatable bonds is 7. The van der Waals surface area contributed by atoms with Crippen molar-refractivity contribution >= 4 is 17.5 Å². The Morgan fingerprint density at radius 1 is 1.15 bits per heavy atom. The first kappa shape index (κ1) is 18.9. The number of ether oxygens (including phenoxy) is 2. The fourth-order valence-electron chi connectivity index (χ4n) is 2.99. The summed E-state index contributed by atoms with van der Waals surface area (Å²) in [4.78, 5) is 25.1. The maximum atomic E-state index is 12.6. The highest BCUT2D eigenvalue weighted by molar-refractivity contribution is 6.09. The molecule has 142 valence electrons. The minimum absolute atomic E-state index is 0.0667. The SMILES string of the molecule is CCOc1cccc(C(=O)Nc2ccccc2C(=O)NC[C@H]2CCCO2)c1. The topological polar surface area (TPSA) is 76.7 Å². The van der Waals surface area contributed by atoms with Crippen LogP contribution < -0.4 is 15.4 Å². The Labute approximate surface area is 158 Å². The van der Waals surface area contributed by atoms with Gasteiger partial charge in [-0.25, -0.2) is 0 Å². The molecule has 0 aliphatic carbocycles. The second kappa shape index (κ2) is 9.19. The van der Waals surface area contributed by atoms with Gasteiger partial charge in [0.1, 0.15) is 5.75 Å². The second-order valence-electron chi connectivity index (χ2n) is 6.31. The van der Waals surface area contributed by atoms with E-state index in [2.05, 4.69) is 10.6 Å². The molecule has 0 aromatic heterocycles. The molecular formula is C21H24N2O4. The zero-order chi connectivity index (χ0) is 19.1. The van der Waals surface area contributed by atoms with Gasteiger partial charge in [0.15, 0.2) is 0 Å². The molecule has 2 aromatic rings. The van der Waals surface area contributed by atoms with E-state index in [9.17, 15) is 9.59 Å². The van der Waals surface area contributed by atoms with Gasteiger partial charge in [0, 0.05) is 18.7 Å². The van der Waals surface area contributed by atoms with Crippen molar-refractivity contribution < 1.29 is 19.1 Å². The van der Waals surface area contributed by atoms with Gasteiger partial charge in [-0.2, -0.15) is 0 Å². The molecular weight excluding hydrogens is 344 g/mol. The molecule has 6 heteroatoms. The van der Waals surface area contributed by atoms with Gasteiger partial charge in [-0.3, -0.25) is 9.59 Å². The summed E-state index contributed by atoms with van der Waals surface area (Å²) in [6.07, 6.45) is 2.04. The fraction of sp³-hybridized carbons (Fsp3) is 0.333. The molecule has 1 heterocycles. The molecule has 0 radical (unpaired) electrons. The summed E-state index contributed by atoms with van der Waals surface area (Å²) in [5.74, 6) is 0.105. The molecule has 0 bridgehead atoms. The highest BCUT2D eigenvalue weighted by Gasteiger charge is 2.18. The highest BCUT2D eigenvalue weighted by Crippen LogP contribution is 2.19. The molecule has 2 N–H and O–H groups in total. The van der Waals surface area contributed by atoms with Crippen molar-refractivity contribution in [3.8, 4) is 5.75 Å². The van der Waals surface area contributed by atoms with Crippen molar-refractivity contribution in [1.29, 1.82) is 0 Å². The lowest BCUT2D eigenvalue weighted by molar-refractivity contribution is 0.0858. The molecule has 3 rings (SSSR count). The molecule has 0 saturated carbocycles. The lowest BCUT2D eigenvalue weighted by Crippen LogP contribution is -2.32. The van der Waals surface area contributed by atoms with Crippen LogP contribution in [0, 0.1) is 0 Å². The Balaban J connectivity index is 1.68. The first-order chi connectivity index (χ1) is 13.2. The molecule has 1 aliphatic heterocycles. The lowest BCUT2D eigenvalue weighted by atomic mass is 10.1. The summed E-state index contributed by atoms with van der Waals surface area (Å²) < 4.78 is 11.0. The van der Waals surface area contributed by atoms with Crippen LogP contribution in [-0.4, -0.2) is 37.7 Å². The maximum Gasteiger partial charge on any atom is 0.255 e. The van der Waals surface area contributed by atoms with Gasteiger partial charge in [0.05, 0.1) is 24.0 Å². The van der Waals surface area contributed by atoms with Gasteiger partial charge in [0.2, 0.25) is 0 Å². The van der Waals surface area contributed by atoms with Gasteiger partial charge in [0.25, 0.3) is 11.8 Å². The van der Waals surface area contributed by atoms with Crippen molar-refractivity contribution in [1.82, 2.24) is 5.32 Å². The number of hydrogen-bond acceptors (Lipinski definition) is 4. The number of amides is 2. The van der Waals surface area contributed by atoms with Crippen LogP contribution in [0.4, 0.5) is 5.69 Å². The quantitative estimate of drug-likeness (QED) is 0.787. The zero-order valence-corrected chi connectivity index (χ0v) is 15.4. The predicted molar refractivity (Wildman–Crippen MR) is 103 cm³/mol. The smallest absolute Gasteiger partial charge is 0.255 e. The van der Waals surface area contributed by atoms with Gasteiger partial charge < -0.3 is 20.1 Å². The normalized spacial score (nSPS) is 16.0. The summed E-state index contributed by atoms with van der Waals surface area (Å²) in [5.41, 5.74) is 1.36. The Morgan fingerprint density at radius 3 is 2.78 bits per heavy atom. The van der Waals surface area contributed by atoms with Gasteiger partial charge in [-0.05, 0) is 50.1 Å². The van der Waals surface area contributed by atoms with Crippen LogP contribution in [0.25, 0.3) is 0 Å². The van der Waals surface area contributed by atoms with E-state index in [1.807, 2.05) is 6.92 Å². The molecule has 0 spiro atoms. The summed E-state index contributed by atoms with van der Waals surface area (Å²) in [5, 5.41) is 5.70. The summed E-state index contributed by atoms with van der Waals surface area (Å²) >= 11 is 0. The first-order valence-corrected chi connectivity index (χ1v) is 9.20. The van der Waals surface area contributed by atoms with Crippen LogP contribution in [0.5, 0.6) is 5.75 Å². The van der Waals surface area contributed by atoms with Crippen molar-refractivity contribution in [3.05, 3.63) is 59.7 Å². The third-order valence-corrected chi connectivity index (χ3v) is 4.34. The van der Waals surface area contributed by atoms with E-state index in [0.29, 0.717) is 35.7 Å². The Kier molecular flexibility index (Phi) is 6.44. The van der Waals surface area contributed by atoms with Crippen LogP contribution in [0.1, 0.15) is 40.5 Å². The van der Waals surface area contributed by atoms with Crippen LogP contribution in [0.2, 0.25) is 0 Å². The van der Waals surface area contributed by atoms with Crippen molar-refractivity contribution in [3.63, 3.8) is 0 Å². The molecule has 1 atom stereocenters. The van der Waals surface area contributed by atoms with Crippen LogP contribution in [0.15, 0.2) is 48.5 Å². The predicted octanol–water partition coefficient (Wildman–Crippen LogP) is 3.25. The van der Waals surface area contributed by atoms with Crippen LogP contribution in [-0.2, 0) is 4.74 Å². The Hall–Kier alpha value is -2.86. The van der Waals surface area contributed by atoms with E-state index in [-0.39, 0.29) is 17.9 Å². The van der Waals surface area contributed by atoms with Gasteiger partial charge in [-0.1, -0.05) is 18.2 Å². The molecule has 2 amide bonds. The van der Waals surface area contributed by atoms with Gasteiger partial charge in [-0.15, -0.1) is 0 Å². The number of hydrogen-bond donors (Lipinski definition) is 2. The van der Waals surface area contributed by atoms with Crippen molar-refractivity contribution in [2.24, 2.45) is 0 Å². The van der Waals surface area contributed by atoms with E-state index in [1.54, 1.807) is 48.5 Å². The highest BCUT2D eigenvalue weighted by atomic mass is 16.5. The van der Waals surface area contributed by atoms with Crippen LogP contribution >= 0.6 is 0 Å². The van der Waals surface area contributed by atoms with Crippen molar-refractivity contribution in [2.75, 3.05) is 25.1 Å². The third-order valence-electron chi connectivity index (χ3n) is 4.34. The second-order valence-corrected chi connectivity index (χ2v) is 6.31. The third kappa shape index (κ3) is 5.08. The molecule has 6 nitrogen and oxygen atoms in total. The molecule has 0 unspecified atom stereocenters. The molecule has 27 heavy (non-hydrogen) atoms. The van der Waals surface area contributed by atoms with E-state index in [1.165, 1.54) is 0 Å². The fourth-order valence-corrected chi connectivity index (χ4v) is 2.99. The summed E-state index contributed by atoms with van der Waals surface area (Å²) in [7, 11) is 0. The Bertz CT molecular complexity index is 800. The number of benzene rings is 2. The minimum Gasteiger partial charge on any atom is -0.494 e. The average Bonchev–Trinajstić information content (AvgIpc) is 3.21. The summed E-state index contributed by atoms with van der Waals surface area (Å²) in [6, 6.07) is 13.9. The summed E-state index contributed by atoms with van der Waals surface area (Å²) in [6.45, 7) is 3.63. The monoisotopic (exact) mass is 368 g/mol. The number of carbonyl (C=O) groups excluding carboxylic acids is 2. The van der Waals surface area contributed by atoms with Gasteiger partial charge >= 0.3 is 0 Å². The molecule has 1 aliphatic rings. The maximum absolute atomic E-state index is 12.6. The van der Waals surface area contributed by atoms with Crippen LogP contribution in [0.3, 0.4) is 0 Å². The average molecular weight is 368 g/mol. The Morgan fingerprint density at radius 2 is 2.00 bits per heavy atom. The molecule has 2 aromatic carbocycles. The van der Waals surface area contributed by atoms with E-state index < -0.39 is 0 Å². The van der Waals surface area contributed by atoms with E-state index in [0.717, 1.165) is 19.4 Å². The molecule has 1 saturated heterocycles. The number of nitrogens with one attached hydrogen (secondary N) is 2. The lowest BCUT2D eigenvalue weighted by Gasteiger charge is -2.14. The number of carbonyl (C=O) groups is 2. The number of para-hydroxylation sites is 1. The van der Waals surface area contributed by atoms with E-state index in [4.69, 9.17) is 9.47 Å². The first-order valence-electron chi connectivity index (χ1n) is 9.20. The largest absolute Gasteiger partial charge is 0.494 e.